The van der Waals surface area contributed by atoms with Crippen LogP contribution in [0.4, 0.5) is 4.79 Å². The second-order valence-electron chi connectivity index (χ2n) is 10.8. The highest BCUT2D eigenvalue weighted by Gasteiger charge is 2.55. The third-order valence-electron chi connectivity index (χ3n) is 8.54. The second-order valence-corrected chi connectivity index (χ2v) is 10.8. The number of benzene rings is 3. The topological polar surface area (TPSA) is 91.3 Å². The van der Waals surface area contributed by atoms with Gasteiger partial charge in [-0.1, -0.05) is 68.3 Å². The fourth-order valence-corrected chi connectivity index (χ4v) is 6.22. The number of urea groups is 1. The summed E-state index contributed by atoms with van der Waals surface area (Å²) in [6, 6.07) is 21.0. The summed E-state index contributed by atoms with van der Waals surface area (Å²) in [5.74, 6) is 0.0540. The van der Waals surface area contributed by atoms with Crippen LogP contribution in [0.1, 0.15) is 56.2 Å². The molecule has 1 saturated carbocycles. The van der Waals surface area contributed by atoms with Crippen molar-refractivity contribution in [2.24, 2.45) is 11.0 Å². The Balaban J connectivity index is 1.31. The number of hydrazone groups is 1. The summed E-state index contributed by atoms with van der Waals surface area (Å²) in [4.78, 5) is 41.3. The van der Waals surface area contributed by atoms with Crippen LogP contribution in [0, 0.1) is 5.92 Å². The van der Waals surface area contributed by atoms with E-state index in [1.165, 1.54) is 5.01 Å². The molecule has 8 nitrogen and oxygen atoms in total. The summed E-state index contributed by atoms with van der Waals surface area (Å²) in [6.07, 6.45) is 3.90. The summed E-state index contributed by atoms with van der Waals surface area (Å²) in [5.41, 5.74) is 1.71. The molecule has 3 aromatic rings. The van der Waals surface area contributed by atoms with E-state index in [0.717, 1.165) is 57.5 Å². The van der Waals surface area contributed by atoms with Crippen molar-refractivity contribution in [2.45, 2.75) is 50.6 Å². The molecule has 39 heavy (non-hydrogen) atoms. The quantitative estimate of drug-likeness (QED) is 0.474. The number of nitrogens with one attached hydrogen (secondary N) is 1. The minimum absolute atomic E-state index is 0.0270. The molecule has 3 atom stereocenters. The molecular weight excluding hydrogens is 492 g/mol. The maximum absolute atomic E-state index is 13.8. The first kappa shape index (κ1) is 25.1. The Hall–Kier alpha value is -4.20. The number of hydrogen-bond acceptors (Lipinski definition) is 5. The van der Waals surface area contributed by atoms with Gasteiger partial charge in [0.05, 0.1) is 18.9 Å². The van der Waals surface area contributed by atoms with Gasteiger partial charge in [0.1, 0.15) is 17.8 Å². The monoisotopic (exact) mass is 524 g/mol. The van der Waals surface area contributed by atoms with Crippen LogP contribution in [0.15, 0.2) is 71.8 Å². The molecule has 0 bridgehead atoms. The van der Waals surface area contributed by atoms with Gasteiger partial charge < -0.3 is 10.1 Å². The van der Waals surface area contributed by atoms with Crippen molar-refractivity contribution < 1.29 is 19.1 Å². The molecule has 8 heteroatoms. The van der Waals surface area contributed by atoms with Gasteiger partial charge in [-0.05, 0) is 58.9 Å². The third kappa shape index (κ3) is 4.33. The van der Waals surface area contributed by atoms with Crippen molar-refractivity contribution in [3.8, 4) is 5.75 Å². The van der Waals surface area contributed by atoms with Crippen molar-refractivity contribution in [3.63, 3.8) is 0 Å². The van der Waals surface area contributed by atoms with E-state index in [2.05, 4.69) is 29.6 Å². The van der Waals surface area contributed by atoms with Gasteiger partial charge in [0, 0.05) is 6.42 Å². The third-order valence-corrected chi connectivity index (χ3v) is 8.54. The molecule has 3 aromatic carbocycles. The molecule has 4 amide bonds. The fourth-order valence-electron chi connectivity index (χ4n) is 6.22. The molecule has 3 aliphatic rings. The zero-order valence-electron chi connectivity index (χ0n) is 22.2. The minimum atomic E-state index is -0.907. The zero-order chi connectivity index (χ0) is 27.1. The summed E-state index contributed by atoms with van der Waals surface area (Å²) in [5, 5.41) is 11.4. The average Bonchev–Trinajstić information content (AvgIpc) is 3.51. The number of carbonyl (C=O) groups is 3. The Kier molecular flexibility index (Phi) is 6.33. The van der Waals surface area contributed by atoms with Crippen molar-refractivity contribution in [1.82, 2.24) is 15.2 Å². The van der Waals surface area contributed by atoms with Crippen LogP contribution in [-0.4, -0.2) is 52.7 Å². The number of rotatable bonds is 5. The van der Waals surface area contributed by atoms with E-state index in [1.807, 2.05) is 49.4 Å². The first-order valence-electron chi connectivity index (χ1n) is 13.6. The van der Waals surface area contributed by atoms with Gasteiger partial charge >= 0.3 is 6.03 Å². The lowest BCUT2D eigenvalue weighted by atomic mass is 9.73. The summed E-state index contributed by atoms with van der Waals surface area (Å²) in [6.45, 7) is 1.66. The van der Waals surface area contributed by atoms with Gasteiger partial charge in [0.25, 0.3) is 11.8 Å². The highest BCUT2D eigenvalue weighted by Crippen LogP contribution is 2.39. The lowest BCUT2D eigenvalue weighted by Crippen LogP contribution is -2.54. The van der Waals surface area contributed by atoms with Crippen LogP contribution in [-0.2, 0) is 9.59 Å². The number of amides is 4. The first-order chi connectivity index (χ1) is 18.9. The Morgan fingerprint density at radius 2 is 1.82 bits per heavy atom. The molecule has 0 unspecified atom stereocenters. The number of nitrogens with zero attached hydrogens (tertiary/aromatic N) is 3. The van der Waals surface area contributed by atoms with Gasteiger partial charge in [0.2, 0.25) is 0 Å². The van der Waals surface area contributed by atoms with Gasteiger partial charge in [0.15, 0.2) is 0 Å². The standard InChI is InChI=1S/C31H32N4O4/c1-20-7-5-6-16-31(20)29(37)34(30(38)32-31)19-28(36)35-27(22-12-14-25(39-2)15-13-22)18-26(33-35)24-11-10-21-8-3-4-9-23(21)17-24/h3-4,8-15,17,20,27H,5-7,16,18-19H2,1-2H3,(H,32,38)/t20-,27+,31+/m1/s1. The minimum Gasteiger partial charge on any atom is -0.497 e. The first-order valence-corrected chi connectivity index (χ1v) is 13.6. The molecule has 1 spiro atoms. The Labute approximate surface area is 227 Å². The summed E-state index contributed by atoms with van der Waals surface area (Å²) < 4.78 is 5.32. The Morgan fingerprint density at radius 3 is 2.56 bits per heavy atom. The lowest BCUT2D eigenvalue weighted by molar-refractivity contribution is -0.141. The molecule has 2 aliphatic heterocycles. The normalized spacial score (nSPS) is 24.8. The Bertz CT molecular complexity index is 1480. The van der Waals surface area contributed by atoms with Crippen LogP contribution in [0.2, 0.25) is 0 Å². The van der Waals surface area contributed by atoms with Crippen LogP contribution in [0.5, 0.6) is 5.75 Å². The molecule has 2 fully saturated rings. The highest BCUT2D eigenvalue weighted by atomic mass is 16.5. The largest absolute Gasteiger partial charge is 0.497 e. The molecule has 1 aliphatic carbocycles. The van der Waals surface area contributed by atoms with Crippen LogP contribution < -0.4 is 10.1 Å². The molecule has 0 aromatic heterocycles. The van der Waals surface area contributed by atoms with Crippen molar-refractivity contribution in [2.75, 3.05) is 13.7 Å². The number of ether oxygens (including phenoxy) is 1. The van der Waals surface area contributed by atoms with E-state index in [1.54, 1.807) is 7.11 Å². The van der Waals surface area contributed by atoms with E-state index in [0.29, 0.717) is 12.8 Å². The van der Waals surface area contributed by atoms with E-state index in [9.17, 15) is 14.4 Å². The molecule has 6 rings (SSSR count). The maximum atomic E-state index is 13.8. The Morgan fingerprint density at radius 1 is 1.05 bits per heavy atom. The molecular formula is C31H32N4O4. The van der Waals surface area contributed by atoms with E-state index >= 15 is 0 Å². The smallest absolute Gasteiger partial charge is 0.325 e. The maximum Gasteiger partial charge on any atom is 0.325 e. The van der Waals surface area contributed by atoms with E-state index in [-0.39, 0.29) is 24.4 Å². The predicted octanol–water partition coefficient (Wildman–Crippen LogP) is 5.03. The summed E-state index contributed by atoms with van der Waals surface area (Å²) >= 11 is 0. The molecule has 200 valence electrons. The van der Waals surface area contributed by atoms with Crippen LogP contribution >= 0.6 is 0 Å². The van der Waals surface area contributed by atoms with Gasteiger partial charge in [-0.25, -0.2) is 9.80 Å². The van der Waals surface area contributed by atoms with E-state index in [4.69, 9.17) is 9.84 Å². The van der Waals surface area contributed by atoms with Gasteiger partial charge in [-0.15, -0.1) is 0 Å². The van der Waals surface area contributed by atoms with Crippen molar-refractivity contribution in [3.05, 3.63) is 77.9 Å². The van der Waals surface area contributed by atoms with Crippen LogP contribution in [0.25, 0.3) is 10.8 Å². The van der Waals surface area contributed by atoms with Gasteiger partial charge in [-0.2, -0.15) is 5.10 Å². The lowest BCUT2D eigenvalue weighted by Gasteiger charge is -2.36. The second kappa shape index (κ2) is 9.84. The predicted molar refractivity (Wildman–Crippen MR) is 148 cm³/mol. The fraction of sp³-hybridized carbons (Fsp3) is 0.355. The summed E-state index contributed by atoms with van der Waals surface area (Å²) in [7, 11) is 1.61. The van der Waals surface area contributed by atoms with Crippen LogP contribution in [0.3, 0.4) is 0 Å². The molecule has 1 saturated heterocycles. The molecule has 1 N–H and O–H groups in total. The number of hydrogen-bond donors (Lipinski definition) is 1. The van der Waals surface area contributed by atoms with E-state index < -0.39 is 17.5 Å². The van der Waals surface area contributed by atoms with Crippen molar-refractivity contribution >= 4 is 34.3 Å². The van der Waals surface area contributed by atoms with Crippen molar-refractivity contribution in [1.29, 1.82) is 0 Å². The molecule has 0 radical (unpaired) electrons. The number of fused-ring (bicyclic) bond motifs is 1. The van der Waals surface area contributed by atoms with Gasteiger partial charge in [-0.3, -0.25) is 14.5 Å². The average molecular weight is 525 g/mol. The SMILES string of the molecule is COc1ccc([C@@H]2CC(c3ccc4ccccc4c3)=NN2C(=O)CN2C(=O)N[C@]3(CCCC[C@H]3C)C2=O)cc1. The number of carbonyl (C=O) groups excluding carboxylic acids is 3. The molecule has 2 heterocycles. The zero-order valence-corrected chi connectivity index (χ0v) is 22.2. The number of methoxy groups -OCH3 is 1. The highest BCUT2D eigenvalue weighted by molar-refractivity contribution is 6.10. The number of imide groups is 1.